The Labute approximate surface area is 154 Å². The van der Waals surface area contributed by atoms with Crippen LogP contribution in [0.25, 0.3) is 0 Å². The molecule has 7 nitrogen and oxygen atoms in total. The van der Waals surface area contributed by atoms with Crippen molar-refractivity contribution in [1.29, 1.82) is 0 Å². The van der Waals surface area contributed by atoms with Gasteiger partial charge in [-0.15, -0.1) is 0 Å². The Hall–Kier alpha value is -2.25. The molecule has 0 atom stereocenters. The average Bonchev–Trinajstić information content (AvgIpc) is 3.16. The summed E-state index contributed by atoms with van der Waals surface area (Å²) >= 11 is 0. The van der Waals surface area contributed by atoms with E-state index in [1.807, 2.05) is 35.2 Å². The molecular weight excluding hydrogens is 330 g/mol. The van der Waals surface area contributed by atoms with E-state index in [2.05, 4.69) is 22.0 Å². The lowest BCUT2D eigenvalue weighted by Crippen LogP contribution is -2.46. The third kappa shape index (κ3) is 4.47. The highest BCUT2D eigenvalue weighted by Gasteiger charge is 2.27. The molecule has 0 aliphatic carbocycles. The van der Waals surface area contributed by atoms with Crippen LogP contribution >= 0.6 is 0 Å². The van der Waals surface area contributed by atoms with Crippen LogP contribution in [0.1, 0.15) is 48.3 Å². The van der Waals surface area contributed by atoms with Crippen LogP contribution in [0, 0.1) is 0 Å². The van der Waals surface area contributed by atoms with Crippen LogP contribution in [0.15, 0.2) is 34.9 Å². The minimum atomic E-state index is 0.122. The van der Waals surface area contributed by atoms with Gasteiger partial charge in [0.05, 0.1) is 13.1 Å². The molecule has 2 heterocycles. The van der Waals surface area contributed by atoms with Crippen LogP contribution in [0.3, 0.4) is 0 Å². The number of aromatic nitrogens is 2. The van der Waals surface area contributed by atoms with Gasteiger partial charge in [-0.05, 0) is 37.9 Å². The SMILES string of the molecule is CCCN(Cc1noc(CN)n1)C1CCN(C(=O)c2ccccc2)CC1. The minimum absolute atomic E-state index is 0.122. The Morgan fingerprint density at radius 3 is 2.65 bits per heavy atom. The molecule has 1 aliphatic rings. The fourth-order valence-corrected chi connectivity index (χ4v) is 3.49. The molecule has 1 aromatic heterocycles. The molecular formula is C19H27N5O2. The number of rotatable bonds is 7. The second-order valence-corrected chi connectivity index (χ2v) is 6.67. The van der Waals surface area contributed by atoms with Gasteiger partial charge in [0.15, 0.2) is 5.82 Å². The van der Waals surface area contributed by atoms with Gasteiger partial charge < -0.3 is 15.2 Å². The molecule has 7 heteroatoms. The number of carbonyl (C=O) groups excluding carboxylic acids is 1. The predicted octanol–water partition coefficient (Wildman–Crippen LogP) is 2.05. The number of nitrogens with two attached hydrogens (primary N) is 1. The van der Waals surface area contributed by atoms with E-state index in [1.54, 1.807) is 0 Å². The quantitative estimate of drug-likeness (QED) is 0.816. The van der Waals surface area contributed by atoms with Gasteiger partial charge in [-0.2, -0.15) is 4.98 Å². The molecule has 2 N–H and O–H groups in total. The molecule has 3 rings (SSSR count). The number of carbonyl (C=O) groups is 1. The predicted molar refractivity (Wildman–Crippen MR) is 98.3 cm³/mol. The smallest absolute Gasteiger partial charge is 0.253 e. The van der Waals surface area contributed by atoms with E-state index in [0.717, 1.165) is 44.5 Å². The van der Waals surface area contributed by atoms with Gasteiger partial charge >= 0.3 is 0 Å². The van der Waals surface area contributed by atoms with Crippen molar-refractivity contribution in [3.05, 3.63) is 47.6 Å². The number of amides is 1. The van der Waals surface area contributed by atoms with E-state index in [1.165, 1.54) is 0 Å². The lowest BCUT2D eigenvalue weighted by molar-refractivity contribution is 0.0602. The maximum Gasteiger partial charge on any atom is 0.253 e. The topological polar surface area (TPSA) is 88.5 Å². The first kappa shape index (κ1) is 18.5. The summed E-state index contributed by atoms with van der Waals surface area (Å²) in [7, 11) is 0. The van der Waals surface area contributed by atoms with Crippen molar-refractivity contribution in [3.8, 4) is 0 Å². The van der Waals surface area contributed by atoms with E-state index in [-0.39, 0.29) is 12.5 Å². The minimum Gasteiger partial charge on any atom is -0.339 e. The van der Waals surface area contributed by atoms with Crippen LogP contribution in [0.2, 0.25) is 0 Å². The summed E-state index contributed by atoms with van der Waals surface area (Å²) in [6, 6.07) is 9.92. The summed E-state index contributed by atoms with van der Waals surface area (Å²) in [5, 5.41) is 4.01. The third-order valence-corrected chi connectivity index (χ3v) is 4.83. The first-order chi connectivity index (χ1) is 12.7. The number of likely N-dealkylation sites (tertiary alicyclic amines) is 1. The molecule has 1 aromatic carbocycles. The van der Waals surface area contributed by atoms with Crippen molar-refractivity contribution in [2.75, 3.05) is 19.6 Å². The van der Waals surface area contributed by atoms with Gasteiger partial charge in [-0.3, -0.25) is 9.69 Å². The molecule has 1 fully saturated rings. The van der Waals surface area contributed by atoms with Crippen molar-refractivity contribution in [1.82, 2.24) is 19.9 Å². The van der Waals surface area contributed by atoms with Crippen LogP contribution in [0.5, 0.6) is 0 Å². The summed E-state index contributed by atoms with van der Waals surface area (Å²) < 4.78 is 5.11. The number of nitrogens with zero attached hydrogens (tertiary/aromatic N) is 4. The van der Waals surface area contributed by atoms with Gasteiger partial charge in [0, 0.05) is 24.7 Å². The van der Waals surface area contributed by atoms with Crippen molar-refractivity contribution in [2.24, 2.45) is 5.73 Å². The molecule has 0 radical (unpaired) electrons. The van der Waals surface area contributed by atoms with Crippen LogP contribution in [0.4, 0.5) is 0 Å². The summed E-state index contributed by atoms with van der Waals surface area (Å²) in [4.78, 5) is 21.3. The molecule has 1 saturated heterocycles. The maximum atomic E-state index is 12.6. The highest BCUT2D eigenvalue weighted by atomic mass is 16.5. The molecule has 1 aliphatic heterocycles. The van der Waals surface area contributed by atoms with Crippen molar-refractivity contribution in [3.63, 3.8) is 0 Å². The number of hydrogen-bond donors (Lipinski definition) is 1. The lowest BCUT2D eigenvalue weighted by Gasteiger charge is -2.38. The number of benzene rings is 1. The summed E-state index contributed by atoms with van der Waals surface area (Å²) in [5.41, 5.74) is 6.30. The average molecular weight is 357 g/mol. The van der Waals surface area contributed by atoms with E-state index >= 15 is 0 Å². The molecule has 0 bridgehead atoms. The summed E-state index contributed by atoms with van der Waals surface area (Å²) in [6.07, 6.45) is 2.98. The van der Waals surface area contributed by atoms with E-state index in [9.17, 15) is 4.79 Å². The highest BCUT2D eigenvalue weighted by Crippen LogP contribution is 2.20. The Kier molecular flexibility index (Phi) is 6.35. The number of piperidine rings is 1. The largest absolute Gasteiger partial charge is 0.339 e. The van der Waals surface area contributed by atoms with Crippen molar-refractivity contribution in [2.45, 2.75) is 45.3 Å². The second kappa shape index (κ2) is 8.91. The van der Waals surface area contributed by atoms with Crippen LogP contribution in [-0.4, -0.2) is 51.5 Å². The van der Waals surface area contributed by atoms with E-state index < -0.39 is 0 Å². The zero-order valence-electron chi connectivity index (χ0n) is 15.3. The standard InChI is InChI=1S/C19H27N5O2/c1-2-10-24(14-17-21-18(13-20)26-22-17)16-8-11-23(12-9-16)19(25)15-6-4-3-5-7-15/h3-7,16H,2,8-14,20H2,1H3. The van der Waals surface area contributed by atoms with Gasteiger partial charge in [0.1, 0.15) is 0 Å². The fourth-order valence-electron chi connectivity index (χ4n) is 3.49. The molecule has 1 amide bonds. The number of hydrogen-bond acceptors (Lipinski definition) is 6. The van der Waals surface area contributed by atoms with Gasteiger partial charge in [0.2, 0.25) is 5.89 Å². The van der Waals surface area contributed by atoms with Crippen molar-refractivity contribution < 1.29 is 9.32 Å². The first-order valence-electron chi connectivity index (χ1n) is 9.31. The third-order valence-electron chi connectivity index (χ3n) is 4.83. The zero-order valence-corrected chi connectivity index (χ0v) is 15.3. The second-order valence-electron chi connectivity index (χ2n) is 6.67. The van der Waals surface area contributed by atoms with Crippen molar-refractivity contribution >= 4 is 5.91 Å². The first-order valence-corrected chi connectivity index (χ1v) is 9.31. The molecule has 0 saturated carbocycles. The van der Waals surface area contributed by atoms with Gasteiger partial charge in [-0.1, -0.05) is 30.3 Å². The van der Waals surface area contributed by atoms with Gasteiger partial charge in [-0.25, -0.2) is 0 Å². The van der Waals surface area contributed by atoms with E-state index in [4.69, 9.17) is 10.3 Å². The Morgan fingerprint density at radius 1 is 1.31 bits per heavy atom. The molecule has 0 unspecified atom stereocenters. The Morgan fingerprint density at radius 2 is 2.04 bits per heavy atom. The van der Waals surface area contributed by atoms with Crippen LogP contribution < -0.4 is 5.73 Å². The van der Waals surface area contributed by atoms with Gasteiger partial charge in [0.25, 0.3) is 5.91 Å². The fraction of sp³-hybridized carbons (Fsp3) is 0.526. The normalized spacial score (nSPS) is 15.6. The Bertz CT molecular complexity index is 695. The molecule has 2 aromatic rings. The highest BCUT2D eigenvalue weighted by molar-refractivity contribution is 5.94. The van der Waals surface area contributed by atoms with E-state index in [0.29, 0.717) is 24.3 Å². The van der Waals surface area contributed by atoms with Crippen LogP contribution in [-0.2, 0) is 13.1 Å². The molecule has 0 spiro atoms. The molecule has 26 heavy (non-hydrogen) atoms. The zero-order chi connectivity index (χ0) is 18.4. The summed E-state index contributed by atoms with van der Waals surface area (Å²) in [5.74, 6) is 1.28. The monoisotopic (exact) mass is 357 g/mol. The Balaban J connectivity index is 1.58. The summed E-state index contributed by atoms with van der Waals surface area (Å²) in [6.45, 7) is 5.62. The molecule has 140 valence electrons. The maximum absolute atomic E-state index is 12.6. The lowest BCUT2D eigenvalue weighted by atomic mass is 10.0.